The van der Waals surface area contributed by atoms with E-state index in [9.17, 15) is 14.4 Å². The van der Waals surface area contributed by atoms with Gasteiger partial charge in [0.25, 0.3) is 5.91 Å². The van der Waals surface area contributed by atoms with Crippen molar-refractivity contribution in [1.29, 1.82) is 0 Å². The summed E-state index contributed by atoms with van der Waals surface area (Å²) < 4.78 is 4.95. The average molecular weight is 440 g/mol. The van der Waals surface area contributed by atoms with Crippen molar-refractivity contribution in [2.24, 2.45) is 0 Å². The quantitative estimate of drug-likeness (QED) is 0.421. The number of ether oxygens (including phenoxy) is 1. The Labute approximate surface area is 193 Å². The lowest BCUT2D eigenvalue weighted by Gasteiger charge is -2.11. The summed E-state index contributed by atoms with van der Waals surface area (Å²) in [7, 11) is 0. The van der Waals surface area contributed by atoms with Crippen LogP contribution in [0, 0.1) is 11.8 Å². The number of aryl methyl sites for hydroxylation is 1. The maximum atomic E-state index is 12.9. The van der Waals surface area contributed by atoms with Crippen LogP contribution in [0.5, 0.6) is 0 Å². The molecule has 6 heteroatoms. The smallest absolute Gasteiger partial charge is 0.306 e. The summed E-state index contributed by atoms with van der Waals surface area (Å²) in [6, 6.07) is 23.2. The molecule has 3 rings (SSSR count). The number of amides is 2. The first kappa shape index (κ1) is 23.3. The Morgan fingerprint density at radius 2 is 1.64 bits per heavy atom. The van der Waals surface area contributed by atoms with E-state index in [0.717, 1.165) is 11.1 Å². The molecule has 0 unspecified atom stereocenters. The second kappa shape index (κ2) is 11.9. The van der Waals surface area contributed by atoms with Crippen LogP contribution >= 0.6 is 0 Å². The highest BCUT2D eigenvalue weighted by molar-refractivity contribution is 6.12. The van der Waals surface area contributed by atoms with Crippen LogP contribution in [0.15, 0.2) is 78.9 Å². The molecule has 6 nitrogen and oxygen atoms in total. The van der Waals surface area contributed by atoms with E-state index in [1.165, 1.54) is 0 Å². The Bertz CT molecular complexity index is 1190. The van der Waals surface area contributed by atoms with Gasteiger partial charge < -0.3 is 15.4 Å². The number of hydrogen-bond acceptors (Lipinski definition) is 4. The van der Waals surface area contributed by atoms with Gasteiger partial charge in [-0.3, -0.25) is 14.4 Å². The van der Waals surface area contributed by atoms with Crippen LogP contribution in [0.1, 0.15) is 34.8 Å². The topological polar surface area (TPSA) is 84.5 Å². The van der Waals surface area contributed by atoms with Crippen LogP contribution in [-0.2, 0) is 20.7 Å². The molecular formula is C27H24N2O4. The van der Waals surface area contributed by atoms with Gasteiger partial charge in [0.2, 0.25) is 0 Å². The number of esters is 1. The van der Waals surface area contributed by atoms with Crippen LogP contribution in [0.2, 0.25) is 0 Å². The number of carbonyl (C=O) groups excluding carboxylic acids is 3. The van der Waals surface area contributed by atoms with Gasteiger partial charge in [-0.05, 0) is 55.3 Å². The minimum Gasteiger partial charge on any atom is -0.466 e. The molecule has 3 aromatic carbocycles. The van der Waals surface area contributed by atoms with E-state index in [1.807, 2.05) is 48.5 Å². The maximum absolute atomic E-state index is 12.9. The zero-order valence-corrected chi connectivity index (χ0v) is 18.3. The number of hydrogen-bond donors (Lipinski definition) is 2. The molecular weight excluding hydrogens is 416 g/mol. The van der Waals surface area contributed by atoms with Crippen molar-refractivity contribution >= 4 is 29.2 Å². The summed E-state index contributed by atoms with van der Waals surface area (Å²) >= 11 is 0. The van der Waals surface area contributed by atoms with E-state index in [0.29, 0.717) is 30.0 Å². The van der Waals surface area contributed by atoms with Crippen molar-refractivity contribution in [3.63, 3.8) is 0 Å². The third kappa shape index (κ3) is 7.37. The average Bonchev–Trinajstić information content (AvgIpc) is 2.83. The van der Waals surface area contributed by atoms with Gasteiger partial charge in [-0.15, -0.1) is 0 Å². The number of benzene rings is 3. The Morgan fingerprint density at radius 1 is 0.879 bits per heavy atom. The summed E-state index contributed by atoms with van der Waals surface area (Å²) in [6.07, 6.45) is 0.777. The van der Waals surface area contributed by atoms with E-state index < -0.39 is 5.91 Å². The molecule has 166 valence electrons. The molecule has 2 amide bonds. The molecule has 2 N–H and O–H groups in total. The lowest BCUT2D eigenvalue weighted by molar-refractivity contribution is -0.143. The van der Waals surface area contributed by atoms with Gasteiger partial charge >= 0.3 is 11.9 Å². The fraction of sp³-hybridized carbons (Fsp3) is 0.148. The number of anilines is 2. The molecule has 0 atom stereocenters. The second-order valence-corrected chi connectivity index (χ2v) is 7.08. The predicted octanol–water partition coefficient (Wildman–Crippen LogP) is 4.42. The summed E-state index contributed by atoms with van der Waals surface area (Å²) in [4.78, 5) is 36.7. The number of carbonyl (C=O) groups is 3. The monoisotopic (exact) mass is 440 g/mol. The van der Waals surface area contributed by atoms with Gasteiger partial charge in [-0.25, -0.2) is 0 Å². The molecule has 0 aromatic heterocycles. The van der Waals surface area contributed by atoms with E-state index in [2.05, 4.69) is 22.5 Å². The van der Waals surface area contributed by atoms with E-state index in [1.54, 1.807) is 37.3 Å². The Morgan fingerprint density at radius 3 is 2.42 bits per heavy atom. The Hall–Kier alpha value is -4.37. The molecule has 3 aromatic rings. The van der Waals surface area contributed by atoms with Crippen LogP contribution in [-0.4, -0.2) is 24.4 Å². The van der Waals surface area contributed by atoms with Crippen molar-refractivity contribution in [2.45, 2.75) is 19.8 Å². The standard InChI is InChI=1S/C27H24N2O4/c1-2-33-26(31)18-16-21-11-8-12-22(19-21)28-27(32)23-13-6-7-14-24(23)29-25(30)17-15-20-9-4-3-5-10-20/h3-14,19H,2,16,18H2,1H3,(H,28,32)(H,29,30). The van der Waals surface area contributed by atoms with E-state index in [-0.39, 0.29) is 18.3 Å². The summed E-state index contributed by atoms with van der Waals surface area (Å²) in [5, 5.41) is 5.52. The van der Waals surface area contributed by atoms with Gasteiger partial charge in [-0.2, -0.15) is 0 Å². The predicted molar refractivity (Wildman–Crippen MR) is 128 cm³/mol. The Balaban J connectivity index is 1.66. The second-order valence-electron chi connectivity index (χ2n) is 7.08. The highest BCUT2D eigenvalue weighted by Crippen LogP contribution is 2.19. The molecule has 0 aliphatic carbocycles. The van der Waals surface area contributed by atoms with Gasteiger partial charge in [0, 0.05) is 23.6 Å². The SMILES string of the molecule is CCOC(=O)CCc1cccc(NC(=O)c2ccccc2NC(=O)C#Cc2ccccc2)c1. The van der Waals surface area contributed by atoms with Crippen molar-refractivity contribution in [1.82, 2.24) is 0 Å². The minimum atomic E-state index is -0.514. The molecule has 33 heavy (non-hydrogen) atoms. The number of nitrogens with one attached hydrogen (secondary N) is 2. The van der Waals surface area contributed by atoms with Crippen LogP contribution in [0.25, 0.3) is 0 Å². The van der Waals surface area contributed by atoms with Gasteiger partial charge in [0.15, 0.2) is 0 Å². The zero-order valence-electron chi connectivity index (χ0n) is 18.3. The lowest BCUT2D eigenvalue weighted by atomic mass is 10.1. The van der Waals surface area contributed by atoms with Crippen molar-refractivity contribution < 1.29 is 19.1 Å². The first-order valence-electron chi connectivity index (χ1n) is 10.6. The summed E-state index contributed by atoms with van der Waals surface area (Å²) in [5.74, 6) is 4.18. The highest BCUT2D eigenvalue weighted by atomic mass is 16.5. The molecule has 0 bridgehead atoms. The normalized spacial score (nSPS) is 9.85. The van der Waals surface area contributed by atoms with Crippen LogP contribution in [0.4, 0.5) is 11.4 Å². The van der Waals surface area contributed by atoms with Gasteiger partial charge in [0.1, 0.15) is 0 Å². The fourth-order valence-electron chi connectivity index (χ4n) is 3.08. The third-order valence-electron chi connectivity index (χ3n) is 4.62. The molecule has 0 radical (unpaired) electrons. The first-order chi connectivity index (χ1) is 16.0. The minimum absolute atomic E-state index is 0.257. The molecule has 0 saturated carbocycles. The number of para-hydroxylation sites is 1. The van der Waals surface area contributed by atoms with Crippen molar-refractivity contribution in [3.8, 4) is 11.8 Å². The summed E-state index contributed by atoms with van der Waals surface area (Å²) in [6.45, 7) is 2.12. The molecule has 0 fully saturated rings. The maximum Gasteiger partial charge on any atom is 0.306 e. The number of rotatable bonds is 7. The van der Waals surface area contributed by atoms with Crippen LogP contribution < -0.4 is 10.6 Å². The molecule has 0 heterocycles. The largest absolute Gasteiger partial charge is 0.466 e. The zero-order chi connectivity index (χ0) is 23.5. The van der Waals surface area contributed by atoms with Crippen molar-refractivity contribution in [2.75, 3.05) is 17.2 Å². The molecule has 0 aliphatic rings. The molecule has 0 aliphatic heterocycles. The first-order valence-corrected chi connectivity index (χ1v) is 10.6. The molecule has 0 saturated heterocycles. The Kier molecular flexibility index (Phi) is 8.38. The fourth-order valence-corrected chi connectivity index (χ4v) is 3.08. The van der Waals surface area contributed by atoms with Crippen LogP contribution in [0.3, 0.4) is 0 Å². The van der Waals surface area contributed by atoms with Crippen molar-refractivity contribution in [3.05, 3.63) is 95.6 Å². The van der Waals surface area contributed by atoms with Gasteiger partial charge in [-0.1, -0.05) is 48.4 Å². The van der Waals surface area contributed by atoms with Gasteiger partial charge in [0.05, 0.1) is 17.9 Å². The molecule has 0 spiro atoms. The summed E-state index contributed by atoms with van der Waals surface area (Å²) in [5.41, 5.74) is 2.89. The van der Waals surface area contributed by atoms with E-state index in [4.69, 9.17) is 4.74 Å². The highest BCUT2D eigenvalue weighted by Gasteiger charge is 2.13. The third-order valence-corrected chi connectivity index (χ3v) is 4.62. The van der Waals surface area contributed by atoms with E-state index >= 15 is 0 Å². The lowest BCUT2D eigenvalue weighted by Crippen LogP contribution is -2.17.